The first kappa shape index (κ1) is 47.5. The molecule has 3 aromatic carbocycles. The lowest BCUT2D eigenvalue weighted by Gasteiger charge is -2.27. The summed E-state index contributed by atoms with van der Waals surface area (Å²) in [6, 6.07) is 19.7. The highest BCUT2D eigenvalue weighted by atomic mass is 16.3. The summed E-state index contributed by atoms with van der Waals surface area (Å²) in [5.41, 5.74) is 13.0. The molecule has 0 spiro atoms. The first-order valence-electron chi connectivity index (χ1n) is 19.2. The number of carbonyl (C=O) groups is 7. The predicted octanol–water partition coefficient (Wildman–Crippen LogP) is -3.12. The third-order valence-electron chi connectivity index (χ3n) is 9.06. The summed E-state index contributed by atoms with van der Waals surface area (Å²) in [5.74, 6) is -4.97. The topological polar surface area (TPSA) is 300 Å². The molecule has 19 nitrogen and oxygen atoms in total. The van der Waals surface area contributed by atoms with E-state index in [2.05, 4.69) is 47.5 Å². The average Bonchev–Trinajstić information content (AvgIpc) is 3.25. The molecule has 0 bridgehead atoms. The van der Waals surface area contributed by atoms with E-state index in [1.807, 2.05) is 0 Å². The van der Waals surface area contributed by atoms with E-state index in [1.54, 1.807) is 105 Å². The quantitative estimate of drug-likeness (QED) is 0.0336. The fraction of sp³-hybridized carbons (Fsp3) is 0.366. The maximum absolute atomic E-state index is 14.1. The molecule has 3 rings (SSSR count). The highest BCUT2D eigenvalue weighted by Crippen LogP contribution is 2.08. The van der Waals surface area contributed by atoms with E-state index in [9.17, 15) is 38.7 Å². The Morgan fingerprint density at radius 3 is 1.45 bits per heavy atom. The molecule has 0 saturated carbocycles. The Morgan fingerprint density at radius 1 is 0.583 bits per heavy atom. The molecule has 60 heavy (non-hydrogen) atoms. The van der Waals surface area contributed by atoms with Crippen molar-refractivity contribution in [1.29, 1.82) is 0 Å². The van der Waals surface area contributed by atoms with E-state index in [0.717, 1.165) is 5.56 Å². The van der Waals surface area contributed by atoms with Gasteiger partial charge in [-0.1, -0.05) is 91.0 Å². The number of aliphatic imine (C=N–C) groups is 1. The normalized spacial score (nSPS) is 13.5. The maximum Gasteiger partial charge on any atom is 0.245 e. The second-order valence-electron chi connectivity index (χ2n) is 13.5. The van der Waals surface area contributed by atoms with Crippen molar-refractivity contribution in [2.24, 2.45) is 16.5 Å². The molecule has 0 aromatic heterocycles. The van der Waals surface area contributed by atoms with Gasteiger partial charge in [0.1, 0.15) is 30.2 Å². The molecule has 322 valence electrons. The Bertz CT molecular complexity index is 1900. The molecular weight excluding hydrogens is 775 g/mol. The van der Waals surface area contributed by atoms with E-state index in [1.165, 1.54) is 0 Å². The van der Waals surface area contributed by atoms with Crippen LogP contribution in [0.25, 0.3) is 0 Å². The summed E-state index contributed by atoms with van der Waals surface area (Å²) >= 11 is 0. The number of primary amides is 1. The van der Waals surface area contributed by atoms with E-state index >= 15 is 0 Å². The van der Waals surface area contributed by atoms with Gasteiger partial charge in [0.15, 0.2) is 5.96 Å². The standard InChI is InChI=1S/C41H55N11O8/c1-44-41(45-2)46-19-18-29(37(57)50-30(36(43)56)20-26-12-6-3-7-13-26)49-39(59)32(22-28-16-10-5-11-17-28)51-40(60)33(25-53)52-38(58)31(21-27-14-8-4-9-15-27)48-35(55)24-47-34(54)23-42/h3-17,29-33,53H,18-25,42H2,1-2H3,(H2,43,56)(H,47,54)(H,48,55)(H,49,59)(H,50,57)(H,51,60)(H,52,58)(H2,44,45,46)/t29-,30-,31-,32-,33-/m0/s1. The van der Waals surface area contributed by atoms with Gasteiger partial charge in [-0.2, -0.15) is 0 Å². The number of hydrogen-bond acceptors (Lipinski definition) is 10. The number of amides is 7. The van der Waals surface area contributed by atoms with Crippen LogP contribution in [0.15, 0.2) is 96.0 Å². The Labute approximate surface area is 348 Å². The lowest BCUT2D eigenvalue weighted by atomic mass is 10.0. The van der Waals surface area contributed by atoms with Crippen molar-refractivity contribution in [3.8, 4) is 0 Å². The number of guanidine groups is 1. The predicted molar refractivity (Wildman–Crippen MR) is 223 cm³/mol. The number of rotatable bonds is 23. The Kier molecular flexibility index (Phi) is 20.2. The zero-order chi connectivity index (χ0) is 43.9. The number of benzene rings is 3. The highest BCUT2D eigenvalue weighted by Gasteiger charge is 2.32. The summed E-state index contributed by atoms with van der Waals surface area (Å²) in [4.78, 5) is 96.2. The largest absolute Gasteiger partial charge is 0.394 e. The van der Waals surface area contributed by atoms with Crippen molar-refractivity contribution in [3.63, 3.8) is 0 Å². The van der Waals surface area contributed by atoms with E-state index < -0.39 is 84.7 Å². The van der Waals surface area contributed by atoms with Crippen LogP contribution in [0, 0.1) is 0 Å². The Balaban J connectivity index is 1.85. The Morgan fingerprint density at radius 2 is 1.00 bits per heavy atom. The molecule has 0 radical (unpaired) electrons. The number of nitrogens with zero attached hydrogens (tertiary/aromatic N) is 1. The smallest absolute Gasteiger partial charge is 0.245 e. The third kappa shape index (κ3) is 16.5. The summed E-state index contributed by atoms with van der Waals surface area (Å²) in [6.07, 6.45) is 0.0145. The monoisotopic (exact) mass is 829 g/mol. The van der Waals surface area contributed by atoms with Crippen LogP contribution in [-0.4, -0.2) is 123 Å². The fourth-order valence-corrected chi connectivity index (χ4v) is 5.85. The summed E-state index contributed by atoms with van der Waals surface area (Å²) in [6.45, 7) is -1.57. The molecule has 0 fully saturated rings. The van der Waals surface area contributed by atoms with Gasteiger partial charge in [-0.05, 0) is 23.1 Å². The minimum atomic E-state index is -1.60. The molecule has 0 heterocycles. The number of carbonyl (C=O) groups excluding carboxylic acids is 7. The van der Waals surface area contributed by atoms with Gasteiger partial charge in [-0.3, -0.25) is 38.6 Å². The number of hydrogen-bond donors (Lipinski definition) is 11. The van der Waals surface area contributed by atoms with E-state index in [4.69, 9.17) is 11.5 Å². The van der Waals surface area contributed by atoms with Gasteiger partial charge in [-0.15, -0.1) is 0 Å². The van der Waals surface area contributed by atoms with Crippen LogP contribution < -0.4 is 54.0 Å². The zero-order valence-electron chi connectivity index (χ0n) is 33.6. The third-order valence-corrected chi connectivity index (χ3v) is 9.06. The zero-order valence-corrected chi connectivity index (χ0v) is 33.6. The highest BCUT2D eigenvalue weighted by molar-refractivity contribution is 5.97. The molecule has 13 N–H and O–H groups in total. The second kappa shape index (κ2) is 25.5. The molecule has 7 amide bonds. The van der Waals surface area contributed by atoms with Gasteiger partial charge >= 0.3 is 0 Å². The van der Waals surface area contributed by atoms with Crippen molar-refractivity contribution >= 4 is 47.3 Å². The lowest BCUT2D eigenvalue weighted by Crippen LogP contribution is -2.60. The second-order valence-corrected chi connectivity index (χ2v) is 13.5. The van der Waals surface area contributed by atoms with Crippen molar-refractivity contribution in [1.82, 2.24) is 42.5 Å². The molecule has 5 atom stereocenters. The van der Waals surface area contributed by atoms with Crippen molar-refractivity contribution in [3.05, 3.63) is 108 Å². The van der Waals surface area contributed by atoms with Crippen molar-refractivity contribution in [2.75, 3.05) is 40.3 Å². The molecule has 0 unspecified atom stereocenters. The van der Waals surface area contributed by atoms with Crippen LogP contribution in [0.5, 0.6) is 0 Å². The van der Waals surface area contributed by atoms with Gasteiger partial charge in [-0.25, -0.2) is 0 Å². The van der Waals surface area contributed by atoms with Gasteiger partial charge in [0.05, 0.1) is 19.7 Å². The minimum Gasteiger partial charge on any atom is -0.394 e. The Hall–Kier alpha value is -6.86. The average molecular weight is 830 g/mol. The van der Waals surface area contributed by atoms with Crippen molar-refractivity contribution < 1.29 is 38.7 Å². The molecule has 19 heteroatoms. The van der Waals surface area contributed by atoms with Crippen LogP contribution in [-0.2, 0) is 52.8 Å². The molecule has 3 aromatic rings. The summed E-state index contributed by atoms with van der Waals surface area (Å²) in [7, 11) is 3.20. The number of nitrogens with two attached hydrogens (primary N) is 2. The SMILES string of the molecule is CN=C(NC)NCC[C@H](NC(=O)[C@H](Cc1ccccc1)NC(=O)[C@H](CO)NC(=O)[C@H](Cc1ccccc1)NC(=O)CNC(=O)CN)C(=O)N[C@@H](Cc1ccccc1)C(N)=O. The molecule has 0 aliphatic carbocycles. The van der Waals surface area contributed by atoms with Crippen molar-refractivity contribution in [2.45, 2.75) is 55.9 Å². The number of nitrogens with one attached hydrogen (secondary N) is 8. The van der Waals surface area contributed by atoms with Crippen LogP contribution in [0.1, 0.15) is 23.1 Å². The molecular formula is C41H55N11O8. The number of aliphatic hydroxyl groups is 1. The van der Waals surface area contributed by atoms with Crippen LogP contribution in [0.2, 0.25) is 0 Å². The molecule has 0 saturated heterocycles. The van der Waals surface area contributed by atoms with E-state index in [-0.39, 0.29) is 38.8 Å². The molecule has 0 aliphatic rings. The van der Waals surface area contributed by atoms with Gasteiger partial charge in [0.2, 0.25) is 41.4 Å². The first-order chi connectivity index (χ1) is 28.9. The molecule has 0 aliphatic heterocycles. The van der Waals surface area contributed by atoms with Gasteiger partial charge < -0.3 is 59.1 Å². The first-order valence-corrected chi connectivity index (χ1v) is 19.2. The fourth-order valence-electron chi connectivity index (χ4n) is 5.85. The minimum absolute atomic E-state index is 0.000837. The van der Waals surface area contributed by atoms with Gasteiger partial charge in [0.25, 0.3) is 0 Å². The summed E-state index contributed by atoms with van der Waals surface area (Å²) < 4.78 is 0. The van der Waals surface area contributed by atoms with E-state index in [0.29, 0.717) is 17.1 Å². The maximum atomic E-state index is 14.1. The lowest BCUT2D eigenvalue weighted by molar-refractivity contribution is -0.135. The van der Waals surface area contributed by atoms with Crippen LogP contribution in [0.3, 0.4) is 0 Å². The van der Waals surface area contributed by atoms with Crippen LogP contribution in [0.4, 0.5) is 0 Å². The van der Waals surface area contributed by atoms with Crippen LogP contribution >= 0.6 is 0 Å². The summed E-state index contributed by atoms with van der Waals surface area (Å²) in [5, 5.41) is 31.4. The van der Waals surface area contributed by atoms with Gasteiger partial charge in [0, 0.05) is 39.9 Å². The number of aliphatic hydroxyl groups excluding tert-OH is 1.